The maximum Gasteiger partial charge on any atom is 0.0741 e. The van der Waals surface area contributed by atoms with Gasteiger partial charge >= 0.3 is 0 Å². The van der Waals surface area contributed by atoms with Crippen LogP contribution in [0.15, 0.2) is 6.07 Å². The summed E-state index contributed by atoms with van der Waals surface area (Å²) in [5.41, 5.74) is 0.689. The molecule has 1 aromatic rings. The van der Waals surface area contributed by atoms with E-state index in [1.165, 1.54) is 15.3 Å². The molecule has 1 unspecified atom stereocenters. The molecule has 0 saturated heterocycles. The zero-order valence-electron chi connectivity index (χ0n) is 10.2. The van der Waals surface area contributed by atoms with E-state index in [1.807, 2.05) is 32.1 Å². The van der Waals surface area contributed by atoms with Crippen LogP contribution in [-0.2, 0) is 6.54 Å². The highest BCUT2D eigenvalue weighted by molar-refractivity contribution is 7.12. The third-order valence-electron chi connectivity index (χ3n) is 2.86. The van der Waals surface area contributed by atoms with Gasteiger partial charge < -0.3 is 10.4 Å². The summed E-state index contributed by atoms with van der Waals surface area (Å²) in [5, 5.41) is 13.1. The van der Waals surface area contributed by atoms with Crippen LogP contribution in [0.1, 0.15) is 36.1 Å². The summed E-state index contributed by atoms with van der Waals surface area (Å²) in [6.45, 7) is 10.8. The molecule has 1 rings (SSSR count). The van der Waals surface area contributed by atoms with Crippen molar-refractivity contribution in [2.24, 2.45) is 0 Å². The number of thiophene rings is 1. The number of aryl methyl sites for hydroxylation is 2. The number of hydrogen-bond acceptors (Lipinski definition) is 3. The minimum atomic E-state index is -0.665. The standard InChI is InChI=1S/C12H21NOS/c1-8-6-11(15-9(8)2)7-13-10(3)12(4,5)14/h6,10,13-14H,7H2,1-5H3. The smallest absolute Gasteiger partial charge is 0.0741 e. The molecular formula is C12H21NOS. The highest BCUT2D eigenvalue weighted by Gasteiger charge is 2.21. The minimum absolute atomic E-state index is 0.0974. The third kappa shape index (κ3) is 3.59. The molecule has 2 N–H and O–H groups in total. The van der Waals surface area contributed by atoms with E-state index in [9.17, 15) is 5.11 Å². The van der Waals surface area contributed by atoms with Crippen LogP contribution < -0.4 is 5.32 Å². The fraction of sp³-hybridized carbons (Fsp3) is 0.667. The molecule has 0 amide bonds. The molecule has 1 heterocycles. The van der Waals surface area contributed by atoms with Crippen LogP contribution in [0.25, 0.3) is 0 Å². The Morgan fingerprint density at radius 2 is 2.07 bits per heavy atom. The summed E-state index contributed by atoms with van der Waals surface area (Å²) >= 11 is 1.82. The summed E-state index contributed by atoms with van der Waals surface area (Å²) in [5.74, 6) is 0. The second-order valence-electron chi connectivity index (χ2n) is 4.71. The molecule has 0 aliphatic rings. The van der Waals surface area contributed by atoms with Gasteiger partial charge in [0.25, 0.3) is 0 Å². The van der Waals surface area contributed by atoms with Gasteiger partial charge in [-0.05, 0) is 46.2 Å². The Balaban J connectivity index is 2.51. The molecule has 3 heteroatoms. The summed E-state index contributed by atoms with van der Waals surface area (Å²) in [7, 11) is 0. The average Bonchev–Trinajstić information content (AvgIpc) is 2.41. The van der Waals surface area contributed by atoms with Crippen molar-refractivity contribution in [2.75, 3.05) is 0 Å². The van der Waals surface area contributed by atoms with Gasteiger partial charge in [0.2, 0.25) is 0 Å². The molecule has 0 aliphatic heterocycles. The lowest BCUT2D eigenvalue weighted by molar-refractivity contribution is 0.0438. The first-order valence-electron chi connectivity index (χ1n) is 5.32. The maximum absolute atomic E-state index is 9.76. The van der Waals surface area contributed by atoms with Crippen molar-refractivity contribution in [3.8, 4) is 0 Å². The van der Waals surface area contributed by atoms with E-state index in [1.54, 1.807) is 0 Å². The van der Waals surface area contributed by atoms with Gasteiger partial charge in [-0.2, -0.15) is 0 Å². The molecule has 0 fully saturated rings. The lowest BCUT2D eigenvalue weighted by atomic mass is 10.0. The van der Waals surface area contributed by atoms with Gasteiger partial charge in [-0.3, -0.25) is 0 Å². The Morgan fingerprint density at radius 1 is 1.47 bits per heavy atom. The van der Waals surface area contributed by atoms with Crippen LogP contribution in [0.4, 0.5) is 0 Å². The van der Waals surface area contributed by atoms with Crippen molar-refractivity contribution >= 4 is 11.3 Å². The molecule has 0 radical (unpaired) electrons. The van der Waals surface area contributed by atoms with Gasteiger partial charge in [-0.15, -0.1) is 11.3 Å². The first kappa shape index (κ1) is 12.7. The minimum Gasteiger partial charge on any atom is -0.389 e. The van der Waals surface area contributed by atoms with E-state index < -0.39 is 5.60 Å². The van der Waals surface area contributed by atoms with Crippen LogP contribution in [0.5, 0.6) is 0 Å². The topological polar surface area (TPSA) is 32.3 Å². The quantitative estimate of drug-likeness (QED) is 0.828. The van der Waals surface area contributed by atoms with Crippen molar-refractivity contribution in [3.05, 3.63) is 21.4 Å². The third-order valence-corrected chi connectivity index (χ3v) is 4.01. The average molecular weight is 227 g/mol. The Bertz CT molecular complexity index is 305. The van der Waals surface area contributed by atoms with Crippen molar-refractivity contribution < 1.29 is 5.11 Å². The molecule has 0 bridgehead atoms. The monoisotopic (exact) mass is 227 g/mol. The van der Waals surface area contributed by atoms with Gasteiger partial charge in [-0.25, -0.2) is 0 Å². The Hall–Kier alpha value is -0.380. The molecular weight excluding hydrogens is 206 g/mol. The predicted molar refractivity (Wildman–Crippen MR) is 66.4 cm³/mol. The van der Waals surface area contributed by atoms with Crippen molar-refractivity contribution in [2.45, 2.75) is 52.8 Å². The fourth-order valence-electron chi connectivity index (χ4n) is 1.24. The molecule has 1 atom stereocenters. The first-order valence-corrected chi connectivity index (χ1v) is 6.14. The Labute approximate surface area is 96.3 Å². The fourth-order valence-corrected chi connectivity index (χ4v) is 2.24. The van der Waals surface area contributed by atoms with Gasteiger partial charge in [0, 0.05) is 22.3 Å². The largest absolute Gasteiger partial charge is 0.389 e. The molecule has 0 saturated carbocycles. The van der Waals surface area contributed by atoms with E-state index in [4.69, 9.17) is 0 Å². The summed E-state index contributed by atoms with van der Waals surface area (Å²) < 4.78 is 0. The lowest BCUT2D eigenvalue weighted by Crippen LogP contribution is -2.43. The molecule has 0 aromatic carbocycles. The second-order valence-corrected chi connectivity index (χ2v) is 6.05. The second kappa shape index (κ2) is 4.64. The zero-order valence-corrected chi connectivity index (χ0v) is 11.0. The summed E-state index contributed by atoms with van der Waals surface area (Å²) in [4.78, 5) is 2.71. The van der Waals surface area contributed by atoms with Gasteiger partial charge in [0.05, 0.1) is 5.60 Å². The van der Waals surface area contributed by atoms with E-state index in [-0.39, 0.29) is 6.04 Å². The van der Waals surface area contributed by atoms with E-state index in [2.05, 4.69) is 25.2 Å². The van der Waals surface area contributed by atoms with E-state index >= 15 is 0 Å². The maximum atomic E-state index is 9.76. The normalized spacial score (nSPS) is 14.3. The number of nitrogens with one attached hydrogen (secondary N) is 1. The molecule has 15 heavy (non-hydrogen) atoms. The lowest BCUT2D eigenvalue weighted by Gasteiger charge is -2.26. The van der Waals surface area contributed by atoms with Crippen LogP contribution in [-0.4, -0.2) is 16.7 Å². The number of hydrogen-bond donors (Lipinski definition) is 2. The molecule has 0 aliphatic carbocycles. The summed E-state index contributed by atoms with van der Waals surface area (Å²) in [6.07, 6.45) is 0. The highest BCUT2D eigenvalue weighted by Crippen LogP contribution is 2.20. The molecule has 1 aromatic heterocycles. The zero-order chi connectivity index (χ0) is 11.6. The van der Waals surface area contributed by atoms with Crippen molar-refractivity contribution in [1.29, 1.82) is 0 Å². The van der Waals surface area contributed by atoms with Crippen LogP contribution >= 0.6 is 11.3 Å². The summed E-state index contributed by atoms with van der Waals surface area (Å²) in [6, 6.07) is 2.31. The van der Waals surface area contributed by atoms with Gasteiger partial charge in [0.1, 0.15) is 0 Å². The SMILES string of the molecule is Cc1cc(CNC(C)C(C)(C)O)sc1C. The molecule has 2 nitrogen and oxygen atoms in total. The Kier molecular flexibility index (Phi) is 3.93. The predicted octanol–water partition coefficient (Wildman–Crippen LogP) is 2.61. The van der Waals surface area contributed by atoms with Crippen LogP contribution in [0.2, 0.25) is 0 Å². The number of rotatable bonds is 4. The van der Waals surface area contributed by atoms with Crippen molar-refractivity contribution in [1.82, 2.24) is 5.32 Å². The molecule has 0 spiro atoms. The van der Waals surface area contributed by atoms with Crippen LogP contribution in [0.3, 0.4) is 0 Å². The van der Waals surface area contributed by atoms with E-state index in [0.717, 1.165) is 6.54 Å². The van der Waals surface area contributed by atoms with Crippen molar-refractivity contribution in [3.63, 3.8) is 0 Å². The molecule has 86 valence electrons. The van der Waals surface area contributed by atoms with E-state index in [0.29, 0.717) is 0 Å². The van der Waals surface area contributed by atoms with Gasteiger partial charge in [0.15, 0.2) is 0 Å². The Morgan fingerprint density at radius 3 is 2.47 bits per heavy atom. The van der Waals surface area contributed by atoms with Gasteiger partial charge in [-0.1, -0.05) is 0 Å². The highest BCUT2D eigenvalue weighted by atomic mass is 32.1. The first-order chi connectivity index (χ1) is 6.80. The number of aliphatic hydroxyl groups is 1. The van der Waals surface area contributed by atoms with Crippen LogP contribution in [0, 0.1) is 13.8 Å².